The maximum atomic E-state index is 6.22. The molecule has 0 fully saturated rings. The molecule has 2 aromatic rings. The number of rotatable bonds is 2. The van der Waals surface area contributed by atoms with Crippen molar-refractivity contribution in [3.63, 3.8) is 0 Å². The zero-order valence-electron chi connectivity index (χ0n) is 9.02. The molecular weight excluding hydrogens is 264 g/mol. The Bertz CT molecular complexity index is 483. The first-order valence-electron chi connectivity index (χ1n) is 5.10. The molecule has 0 bridgehead atoms. The SMILES string of the molecule is Cc1cccc(C(N)c2cccnc2)c1Br. The third-order valence-corrected chi connectivity index (χ3v) is 3.68. The number of hydrogen-bond donors (Lipinski definition) is 1. The summed E-state index contributed by atoms with van der Waals surface area (Å²) in [5.74, 6) is 0. The van der Waals surface area contributed by atoms with Crippen LogP contribution in [-0.2, 0) is 0 Å². The van der Waals surface area contributed by atoms with Gasteiger partial charge in [0.25, 0.3) is 0 Å². The normalized spacial score (nSPS) is 12.4. The summed E-state index contributed by atoms with van der Waals surface area (Å²) in [6.45, 7) is 2.06. The van der Waals surface area contributed by atoms with E-state index >= 15 is 0 Å². The molecule has 0 amide bonds. The molecule has 0 spiro atoms. The molecule has 2 nitrogen and oxygen atoms in total. The Balaban J connectivity index is 2.42. The third-order valence-electron chi connectivity index (χ3n) is 2.60. The molecule has 1 aromatic heterocycles. The summed E-state index contributed by atoms with van der Waals surface area (Å²) in [6.07, 6.45) is 3.56. The van der Waals surface area contributed by atoms with Crippen LogP contribution >= 0.6 is 15.9 Å². The van der Waals surface area contributed by atoms with Gasteiger partial charge in [0, 0.05) is 16.9 Å². The quantitative estimate of drug-likeness (QED) is 0.915. The third kappa shape index (κ3) is 2.15. The Labute approximate surface area is 104 Å². The van der Waals surface area contributed by atoms with Crippen molar-refractivity contribution < 1.29 is 0 Å². The van der Waals surface area contributed by atoms with Gasteiger partial charge in [-0.25, -0.2) is 0 Å². The fourth-order valence-corrected chi connectivity index (χ4v) is 2.16. The highest BCUT2D eigenvalue weighted by atomic mass is 79.9. The second kappa shape index (κ2) is 4.76. The van der Waals surface area contributed by atoms with E-state index in [4.69, 9.17) is 5.73 Å². The lowest BCUT2D eigenvalue weighted by Gasteiger charge is -2.15. The monoisotopic (exact) mass is 276 g/mol. The Kier molecular flexibility index (Phi) is 3.36. The highest BCUT2D eigenvalue weighted by Crippen LogP contribution is 2.28. The van der Waals surface area contributed by atoms with Crippen LogP contribution in [0, 0.1) is 6.92 Å². The highest BCUT2D eigenvalue weighted by Gasteiger charge is 2.12. The van der Waals surface area contributed by atoms with Gasteiger partial charge in [0.1, 0.15) is 0 Å². The van der Waals surface area contributed by atoms with Crippen molar-refractivity contribution in [2.75, 3.05) is 0 Å². The summed E-state index contributed by atoms with van der Waals surface area (Å²) in [7, 11) is 0. The van der Waals surface area contributed by atoms with Crippen molar-refractivity contribution in [1.29, 1.82) is 0 Å². The van der Waals surface area contributed by atoms with Gasteiger partial charge in [-0.2, -0.15) is 0 Å². The molecule has 1 heterocycles. The van der Waals surface area contributed by atoms with Gasteiger partial charge in [-0.05, 0) is 29.7 Å². The van der Waals surface area contributed by atoms with Gasteiger partial charge in [0.05, 0.1) is 6.04 Å². The average molecular weight is 277 g/mol. The fraction of sp³-hybridized carbons (Fsp3) is 0.154. The van der Waals surface area contributed by atoms with Crippen LogP contribution in [0.5, 0.6) is 0 Å². The number of aromatic nitrogens is 1. The van der Waals surface area contributed by atoms with E-state index in [9.17, 15) is 0 Å². The summed E-state index contributed by atoms with van der Waals surface area (Å²) < 4.78 is 1.08. The van der Waals surface area contributed by atoms with Crippen LogP contribution in [0.15, 0.2) is 47.2 Å². The molecule has 2 N–H and O–H groups in total. The second-order valence-corrected chi connectivity index (χ2v) is 4.54. The van der Waals surface area contributed by atoms with Crippen molar-refractivity contribution in [2.24, 2.45) is 5.73 Å². The Morgan fingerprint density at radius 2 is 2.06 bits per heavy atom. The molecule has 0 aliphatic heterocycles. The largest absolute Gasteiger partial charge is 0.320 e. The summed E-state index contributed by atoms with van der Waals surface area (Å²) >= 11 is 3.58. The zero-order chi connectivity index (χ0) is 11.5. The van der Waals surface area contributed by atoms with E-state index in [0.717, 1.165) is 15.6 Å². The van der Waals surface area contributed by atoms with E-state index in [-0.39, 0.29) is 6.04 Å². The lowest BCUT2D eigenvalue weighted by Crippen LogP contribution is -2.12. The molecule has 16 heavy (non-hydrogen) atoms. The first-order valence-corrected chi connectivity index (χ1v) is 5.90. The average Bonchev–Trinajstić information content (AvgIpc) is 2.33. The first-order chi connectivity index (χ1) is 7.70. The molecule has 1 unspecified atom stereocenters. The minimum Gasteiger partial charge on any atom is -0.320 e. The molecule has 1 atom stereocenters. The van der Waals surface area contributed by atoms with Crippen LogP contribution in [0.3, 0.4) is 0 Å². The molecule has 1 aromatic carbocycles. The molecule has 0 aliphatic rings. The van der Waals surface area contributed by atoms with Crippen molar-refractivity contribution in [3.05, 3.63) is 63.9 Å². The molecule has 0 radical (unpaired) electrons. The minimum atomic E-state index is -0.136. The van der Waals surface area contributed by atoms with Crippen LogP contribution < -0.4 is 5.73 Å². The summed E-state index contributed by atoms with van der Waals surface area (Å²) in [6, 6.07) is 9.87. The van der Waals surface area contributed by atoms with Crippen LogP contribution in [0.4, 0.5) is 0 Å². The van der Waals surface area contributed by atoms with Gasteiger partial charge >= 0.3 is 0 Å². The van der Waals surface area contributed by atoms with Crippen LogP contribution in [-0.4, -0.2) is 4.98 Å². The number of aryl methyl sites for hydroxylation is 1. The van der Waals surface area contributed by atoms with E-state index in [0.29, 0.717) is 0 Å². The van der Waals surface area contributed by atoms with Crippen molar-refractivity contribution in [1.82, 2.24) is 4.98 Å². The highest BCUT2D eigenvalue weighted by molar-refractivity contribution is 9.10. The maximum absolute atomic E-state index is 6.22. The lowest BCUT2D eigenvalue weighted by molar-refractivity contribution is 0.856. The number of hydrogen-bond acceptors (Lipinski definition) is 2. The fourth-order valence-electron chi connectivity index (χ4n) is 1.65. The minimum absolute atomic E-state index is 0.136. The maximum Gasteiger partial charge on any atom is 0.0578 e. The number of benzene rings is 1. The van der Waals surface area contributed by atoms with Gasteiger partial charge in [0.15, 0.2) is 0 Å². The molecule has 2 rings (SSSR count). The first kappa shape index (κ1) is 11.3. The van der Waals surface area contributed by atoms with E-state index in [1.165, 1.54) is 5.56 Å². The van der Waals surface area contributed by atoms with Crippen LogP contribution in [0.1, 0.15) is 22.7 Å². The summed E-state index contributed by atoms with van der Waals surface area (Å²) in [4.78, 5) is 4.09. The Hall–Kier alpha value is -1.19. The molecule has 0 saturated carbocycles. The molecular formula is C13H13BrN2. The zero-order valence-corrected chi connectivity index (χ0v) is 10.6. The summed E-state index contributed by atoms with van der Waals surface area (Å²) in [5.41, 5.74) is 9.52. The molecule has 3 heteroatoms. The topological polar surface area (TPSA) is 38.9 Å². The number of nitrogens with zero attached hydrogens (tertiary/aromatic N) is 1. The lowest BCUT2D eigenvalue weighted by atomic mass is 10.00. The predicted octanol–water partition coefficient (Wildman–Crippen LogP) is 3.20. The van der Waals surface area contributed by atoms with Gasteiger partial charge in [0.2, 0.25) is 0 Å². The van der Waals surface area contributed by atoms with Crippen molar-refractivity contribution in [3.8, 4) is 0 Å². The number of pyridine rings is 1. The Morgan fingerprint density at radius 1 is 1.25 bits per heavy atom. The second-order valence-electron chi connectivity index (χ2n) is 3.74. The van der Waals surface area contributed by atoms with Gasteiger partial charge in [-0.3, -0.25) is 4.98 Å². The molecule has 82 valence electrons. The van der Waals surface area contributed by atoms with E-state index in [1.54, 1.807) is 12.4 Å². The van der Waals surface area contributed by atoms with Crippen molar-refractivity contribution in [2.45, 2.75) is 13.0 Å². The number of halogens is 1. The van der Waals surface area contributed by atoms with Crippen LogP contribution in [0.25, 0.3) is 0 Å². The standard InChI is InChI=1S/C13H13BrN2/c1-9-4-2-6-11(12(9)14)13(15)10-5-3-7-16-8-10/h2-8,13H,15H2,1H3. The van der Waals surface area contributed by atoms with E-state index in [1.807, 2.05) is 24.3 Å². The van der Waals surface area contributed by atoms with Crippen molar-refractivity contribution >= 4 is 15.9 Å². The predicted molar refractivity (Wildman–Crippen MR) is 69.1 cm³/mol. The molecule has 0 aliphatic carbocycles. The smallest absolute Gasteiger partial charge is 0.0578 e. The Morgan fingerprint density at radius 3 is 2.75 bits per heavy atom. The van der Waals surface area contributed by atoms with E-state index in [2.05, 4.69) is 33.9 Å². The number of nitrogens with two attached hydrogens (primary N) is 1. The van der Waals surface area contributed by atoms with E-state index < -0.39 is 0 Å². The van der Waals surface area contributed by atoms with Gasteiger partial charge in [-0.1, -0.05) is 40.2 Å². The van der Waals surface area contributed by atoms with Gasteiger partial charge in [-0.15, -0.1) is 0 Å². The molecule has 0 saturated heterocycles. The van der Waals surface area contributed by atoms with Gasteiger partial charge < -0.3 is 5.73 Å². The summed E-state index contributed by atoms with van der Waals surface area (Å²) in [5, 5.41) is 0. The van der Waals surface area contributed by atoms with Crippen LogP contribution in [0.2, 0.25) is 0 Å².